The van der Waals surface area contributed by atoms with Crippen LogP contribution in [0.4, 0.5) is 5.69 Å². The molecule has 11 heteroatoms. The van der Waals surface area contributed by atoms with E-state index in [1.807, 2.05) is 0 Å². The van der Waals surface area contributed by atoms with Gasteiger partial charge in [-0.3, -0.25) is 14.4 Å². The Bertz CT molecular complexity index is 981. The third kappa shape index (κ3) is 19.4. The largest absolute Gasteiger partial charge is 0.480 e. The zero-order chi connectivity index (χ0) is 29.6. The molecule has 1 atom stereocenters. The van der Waals surface area contributed by atoms with Gasteiger partial charge in [-0.15, -0.1) is 0 Å². The van der Waals surface area contributed by atoms with E-state index < -0.39 is 18.0 Å². The third-order valence-corrected chi connectivity index (χ3v) is 5.65. The van der Waals surface area contributed by atoms with Gasteiger partial charge in [-0.25, -0.2) is 4.79 Å². The van der Waals surface area contributed by atoms with Crippen molar-refractivity contribution < 1.29 is 29.4 Å². The van der Waals surface area contributed by atoms with Gasteiger partial charge in [-0.05, 0) is 80.8 Å². The topological polar surface area (TPSA) is 199 Å². The number of nitrogens with one attached hydrogen (secondary N) is 1. The Labute approximate surface area is 234 Å². The van der Waals surface area contributed by atoms with E-state index in [0.29, 0.717) is 35.3 Å². The van der Waals surface area contributed by atoms with Crippen molar-refractivity contribution in [3.63, 3.8) is 0 Å². The molecular formula is C28H41ClN4O6. The number of carboxylic acids is 2. The number of unbranched alkanes of at least 4 members (excludes halogenated alkanes) is 1. The lowest BCUT2D eigenvalue weighted by atomic mass is 9.97. The van der Waals surface area contributed by atoms with Crippen molar-refractivity contribution in [2.24, 2.45) is 17.2 Å². The molecule has 0 saturated heterocycles. The van der Waals surface area contributed by atoms with Crippen LogP contribution in [0.5, 0.6) is 0 Å². The summed E-state index contributed by atoms with van der Waals surface area (Å²) in [6, 6.07) is 12.5. The average molecular weight is 565 g/mol. The SMILES string of the molecule is CC(=O)Nc1ccc(C=O)cc1.NC1CCCCC1.NCCCCC(N)C(=O)O.O=C(O)c1ccc(Cl)cc1. The number of nitrogens with two attached hydrogens (primary N) is 3. The number of hydrogen-bond acceptors (Lipinski definition) is 7. The number of rotatable bonds is 8. The van der Waals surface area contributed by atoms with Crippen LogP contribution in [0.2, 0.25) is 5.02 Å². The molecule has 1 fully saturated rings. The predicted molar refractivity (Wildman–Crippen MR) is 154 cm³/mol. The summed E-state index contributed by atoms with van der Waals surface area (Å²) in [4.78, 5) is 41.2. The van der Waals surface area contributed by atoms with E-state index in [2.05, 4.69) is 5.32 Å². The van der Waals surface area contributed by atoms with Gasteiger partial charge in [0.25, 0.3) is 0 Å². The Balaban J connectivity index is 0.000000501. The first kappa shape index (κ1) is 35.7. The average Bonchev–Trinajstić information content (AvgIpc) is 2.90. The van der Waals surface area contributed by atoms with Crippen LogP contribution >= 0.6 is 11.6 Å². The molecule has 0 spiro atoms. The van der Waals surface area contributed by atoms with Crippen LogP contribution in [0, 0.1) is 0 Å². The molecule has 3 rings (SSSR count). The Hall–Kier alpha value is -3.31. The molecule has 0 heterocycles. The Morgan fingerprint density at radius 1 is 1.00 bits per heavy atom. The van der Waals surface area contributed by atoms with E-state index in [1.165, 1.54) is 51.2 Å². The number of carbonyl (C=O) groups excluding carboxylic acids is 2. The summed E-state index contributed by atoms with van der Waals surface area (Å²) in [7, 11) is 0. The second kappa shape index (κ2) is 21.6. The highest BCUT2D eigenvalue weighted by Gasteiger charge is 2.09. The summed E-state index contributed by atoms with van der Waals surface area (Å²) in [6.45, 7) is 2.04. The molecule has 39 heavy (non-hydrogen) atoms. The highest BCUT2D eigenvalue weighted by molar-refractivity contribution is 6.30. The van der Waals surface area contributed by atoms with Crippen molar-refractivity contribution in [1.29, 1.82) is 0 Å². The number of aldehydes is 1. The summed E-state index contributed by atoms with van der Waals surface area (Å²) in [5.74, 6) is -1.98. The van der Waals surface area contributed by atoms with E-state index in [0.717, 1.165) is 19.1 Å². The minimum Gasteiger partial charge on any atom is -0.480 e. The molecule has 0 aromatic heterocycles. The molecule has 9 N–H and O–H groups in total. The number of hydrogen-bond donors (Lipinski definition) is 6. The number of halogens is 1. The van der Waals surface area contributed by atoms with Crippen LogP contribution in [0.1, 0.15) is 79.0 Å². The summed E-state index contributed by atoms with van der Waals surface area (Å²) < 4.78 is 0. The molecule has 1 unspecified atom stereocenters. The van der Waals surface area contributed by atoms with Crippen LogP contribution in [0.15, 0.2) is 48.5 Å². The van der Waals surface area contributed by atoms with Crippen LogP contribution in [-0.2, 0) is 9.59 Å². The van der Waals surface area contributed by atoms with Crippen molar-refractivity contribution in [3.05, 3.63) is 64.7 Å². The zero-order valence-corrected chi connectivity index (χ0v) is 23.1. The molecule has 0 radical (unpaired) electrons. The first-order valence-electron chi connectivity index (χ1n) is 12.8. The Morgan fingerprint density at radius 2 is 1.56 bits per heavy atom. The van der Waals surface area contributed by atoms with Gasteiger partial charge in [0.05, 0.1) is 5.56 Å². The maximum Gasteiger partial charge on any atom is 0.335 e. The molecule has 0 aliphatic heterocycles. The summed E-state index contributed by atoms with van der Waals surface area (Å²) >= 11 is 5.52. The monoisotopic (exact) mass is 564 g/mol. The molecule has 2 aromatic carbocycles. The lowest BCUT2D eigenvalue weighted by molar-refractivity contribution is -0.138. The number of aromatic carboxylic acids is 1. The fourth-order valence-corrected chi connectivity index (χ4v) is 3.33. The fourth-order valence-electron chi connectivity index (χ4n) is 3.21. The first-order chi connectivity index (χ1) is 18.5. The predicted octanol–water partition coefficient (Wildman–Crippen LogP) is 4.30. The molecule has 2 aromatic rings. The second-order valence-corrected chi connectivity index (χ2v) is 9.30. The molecule has 0 bridgehead atoms. The molecule has 216 valence electrons. The van der Waals surface area contributed by atoms with Gasteiger partial charge in [-0.2, -0.15) is 0 Å². The minimum absolute atomic E-state index is 0.117. The first-order valence-corrected chi connectivity index (χ1v) is 13.1. The standard InChI is InChI=1S/C9H9NO2.C7H5ClO2.C6H14N2O2.C6H13N/c1-7(12)10-9-4-2-8(6-11)3-5-9;8-6-3-1-5(2-4-6)7(9)10;7-4-2-1-3-5(8)6(9)10;7-6-4-2-1-3-5-6/h2-6H,1H3,(H,10,12);1-4H,(H,9,10);5H,1-4,7-8H2,(H,9,10);6H,1-5,7H2. The van der Waals surface area contributed by atoms with E-state index >= 15 is 0 Å². The number of amides is 1. The Morgan fingerprint density at radius 3 is 1.95 bits per heavy atom. The number of anilines is 1. The van der Waals surface area contributed by atoms with Gasteiger partial charge in [0.15, 0.2) is 0 Å². The summed E-state index contributed by atoms with van der Waals surface area (Å²) in [5, 5.41) is 19.9. The summed E-state index contributed by atoms with van der Waals surface area (Å²) in [6.07, 6.45) is 9.59. The number of benzene rings is 2. The van der Waals surface area contributed by atoms with E-state index in [9.17, 15) is 19.2 Å². The third-order valence-electron chi connectivity index (χ3n) is 5.39. The lowest BCUT2D eigenvalue weighted by Gasteiger charge is -2.15. The number of aliphatic carboxylic acids is 1. The van der Waals surface area contributed by atoms with Gasteiger partial charge < -0.3 is 32.7 Å². The van der Waals surface area contributed by atoms with Crippen LogP contribution in [0.3, 0.4) is 0 Å². The van der Waals surface area contributed by atoms with E-state index in [1.54, 1.807) is 36.4 Å². The Kier molecular flexibility index (Phi) is 19.8. The van der Waals surface area contributed by atoms with Crippen LogP contribution in [-0.4, -0.2) is 53.0 Å². The molecule has 1 aliphatic rings. The second-order valence-electron chi connectivity index (χ2n) is 8.86. The van der Waals surface area contributed by atoms with Crippen molar-refractivity contribution in [3.8, 4) is 0 Å². The maximum atomic E-state index is 10.6. The zero-order valence-electron chi connectivity index (χ0n) is 22.4. The van der Waals surface area contributed by atoms with Gasteiger partial charge in [0.2, 0.25) is 5.91 Å². The van der Waals surface area contributed by atoms with Gasteiger partial charge in [-0.1, -0.05) is 37.3 Å². The minimum atomic E-state index is -0.934. The van der Waals surface area contributed by atoms with Gasteiger partial charge in [0.1, 0.15) is 12.3 Å². The van der Waals surface area contributed by atoms with E-state index in [-0.39, 0.29) is 11.5 Å². The highest BCUT2D eigenvalue weighted by Crippen LogP contribution is 2.14. The number of carbonyl (C=O) groups is 4. The summed E-state index contributed by atoms with van der Waals surface area (Å²) in [5.41, 5.74) is 17.6. The molecule has 1 amide bonds. The highest BCUT2D eigenvalue weighted by atomic mass is 35.5. The van der Waals surface area contributed by atoms with Crippen molar-refractivity contribution in [2.45, 2.75) is 70.4 Å². The quantitative estimate of drug-likeness (QED) is 0.200. The van der Waals surface area contributed by atoms with Gasteiger partial charge in [0, 0.05) is 29.2 Å². The molecule has 1 aliphatic carbocycles. The lowest BCUT2D eigenvalue weighted by Crippen LogP contribution is -2.29. The smallest absolute Gasteiger partial charge is 0.335 e. The normalized spacial score (nSPS) is 13.1. The van der Waals surface area contributed by atoms with Crippen molar-refractivity contribution >= 4 is 41.4 Å². The molecule has 1 saturated carbocycles. The van der Waals surface area contributed by atoms with Gasteiger partial charge >= 0.3 is 11.9 Å². The van der Waals surface area contributed by atoms with Crippen molar-refractivity contribution in [2.75, 3.05) is 11.9 Å². The fraction of sp³-hybridized carbons (Fsp3) is 0.429. The van der Waals surface area contributed by atoms with Crippen molar-refractivity contribution in [1.82, 2.24) is 0 Å². The maximum absolute atomic E-state index is 10.6. The van der Waals surface area contributed by atoms with E-state index in [4.69, 9.17) is 39.0 Å². The van der Waals surface area contributed by atoms with Crippen LogP contribution in [0.25, 0.3) is 0 Å². The van der Waals surface area contributed by atoms with Crippen LogP contribution < -0.4 is 22.5 Å². The molecular weight excluding hydrogens is 524 g/mol. The molecule has 10 nitrogen and oxygen atoms in total. The number of carboxylic acid groups (broad SMARTS) is 2.